The monoisotopic (exact) mass is 252 g/mol. The summed E-state index contributed by atoms with van der Waals surface area (Å²) in [7, 11) is 1.79. The van der Waals surface area contributed by atoms with E-state index in [-0.39, 0.29) is 11.9 Å². The van der Waals surface area contributed by atoms with Crippen LogP contribution < -0.4 is 5.32 Å². The van der Waals surface area contributed by atoms with Crippen molar-refractivity contribution in [3.05, 3.63) is 34.9 Å². The number of hydrogen-bond donors (Lipinski definition) is 1. The number of halogens is 1. The maximum atomic E-state index is 12.0. The van der Waals surface area contributed by atoms with E-state index in [1.807, 2.05) is 29.2 Å². The van der Waals surface area contributed by atoms with Crippen LogP contribution in [-0.2, 0) is 4.79 Å². The molecule has 17 heavy (non-hydrogen) atoms. The molecule has 1 aliphatic heterocycles. The number of rotatable bonds is 3. The van der Waals surface area contributed by atoms with Gasteiger partial charge in [0, 0.05) is 11.6 Å². The zero-order valence-electron chi connectivity index (χ0n) is 9.95. The molecule has 1 aliphatic rings. The van der Waals surface area contributed by atoms with Gasteiger partial charge in [-0.2, -0.15) is 0 Å². The molecule has 0 saturated carbocycles. The van der Waals surface area contributed by atoms with Crippen LogP contribution in [0.25, 0.3) is 0 Å². The van der Waals surface area contributed by atoms with Crippen LogP contribution in [0.1, 0.15) is 24.4 Å². The molecule has 0 aliphatic carbocycles. The number of nitrogens with one attached hydrogen (secondary N) is 1. The highest BCUT2D eigenvalue weighted by Gasteiger charge is 2.30. The van der Waals surface area contributed by atoms with Crippen LogP contribution in [0.4, 0.5) is 0 Å². The van der Waals surface area contributed by atoms with Gasteiger partial charge >= 0.3 is 0 Å². The third-order valence-electron chi connectivity index (χ3n) is 3.17. The van der Waals surface area contributed by atoms with Gasteiger partial charge in [-0.1, -0.05) is 29.8 Å². The van der Waals surface area contributed by atoms with Crippen LogP contribution in [0.5, 0.6) is 0 Å². The highest BCUT2D eigenvalue weighted by Crippen LogP contribution is 2.35. The van der Waals surface area contributed by atoms with E-state index in [2.05, 4.69) is 5.32 Å². The Balaban J connectivity index is 2.20. The summed E-state index contributed by atoms with van der Waals surface area (Å²) in [6.07, 6.45) is 2.05. The number of likely N-dealkylation sites (N-methyl/N-ethyl adjacent to an activating group) is 1. The summed E-state index contributed by atoms with van der Waals surface area (Å²) < 4.78 is 0. The fraction of sp³-hybridized carbons (Fsp3) is 0.462. The minimum atomic E-state index is 0.143. The Morgan fingerprint density at radius 2 is 2.29 bits per heavy atom. The predicted octanol–water partition coefficient (Wildman–Crippen LogP) is 2.22. The van der Waals surface area contributed by atoms with Gasteiger partial charge < -0.3 is 10.2 Å². The van der Waals surface area contributed by atoms with E-state index in [4.69, 9.17) is 11.6 Å². The van der Waals surface area contributed by atoms with Gasteiger partial charge in [0.25, 0.3) is 0 Å². The first-order valence-corrected chi connectivity index (χ1v) is 6.30. The van der Waals surface area contributed by atoms with Gasteiger partial charge in [-0.3, -0.25) is 4.79 Å². The number of carbonyl (C=O) groups excluding carboxylic acids is 1. The molecule has 1 atom stereocenters. The van der Waals surface area contributed by atoms with Crippen LogP contribution in [0, 0.1) is 0 Å². The predicted molar refractivity (Wildman–Crippen MR) is 69.1 cm³/mol. The lowest BCUT2D eigenvalue weighted by Crippen LogP contribution is -2.36. The standard InChI is InChI=1S/C13H17ClN2O/c1-15-9-13(17)16-8-4-7-12(16)10-5-2-3-6-11(10)14/h2-3,5-6,12,15H,4,7-9H2,1H3. The quantitative estimate of drug-likeness (QED) is 0.895. The molecule has 2 rings (SSSR count). The lowest BCUT2D eigenvalue weighted by molar-refractivity contribution is -0.131. The highest BCUT2D eigenvalue weighted by atomic mass is 35.5. The molecule has 1 N–H and O–H groups in total. The first kappa shape index (κ1) is 12.4. The molecule has 0 spiro atoms. The summed E-state index contributed by atoms with van der Waals surface area (Å²) in [5.74, 6) is 0.148. The Labute approximate surface area is 107 Å². The fourth-order valence-electron chi connectivity index (χ4n) is 2.39. The lowest BCUT2D eigenvalue weighted by Gasteiger charge is -2.25. The second-order valence-electron chi connectivity index (χ2n) is 4.30. The molecule has 1 heterocycles. The fourth-order valence-corrected chi connectivity index (χ4v) is 2.65. The summed E-state index contributed by atoms with van der Waals surface area (Å²) in [5, 5.41) is 3.66. The first-order chi connectivity index (χ1) is 8.24. The Morgan fingerprint density at radius 1 is 1.53 bits per heavy atom. The third kappa shape index (κ3) is 2.61. The Kier molecular flexibility index (Phi) is 4.02. The molecule has 4 heteroatoms. The summed E-state index contributed by atoms with van der Waals surface area (Å²) in [6.45, 7) is 1.22. The molecular formula is C13H17ClN2O. The number of likely N-dealkylation sites (tertiary alicyclic amines) is 1. The van der Waals surface area contributed by atoms with Crippen LogP contribution in [0.2, 0.25) is 5.02 Å². The van der Waals surface area contributed by atoms with E-state index in [9.17, 15) is 4.79 Å². The van der Waals surface area contributed by atoms with E-state index in [0.717, 1.165) is 30.0 Å². The van der Waals surface area contributed by atoms with Crippen LogP contribution in [0.3, 0.4) is 0 Å². The number of benzene rings is 1. The molecule has 0 bridgehead atoms. The van der Waals surface area contributed by atoms with Crippen LogP contribution in [0.15, 0.2) is 24.3 Å². The molecule has 1 aromatic carbocycles. The van der Waals surface area contributed by atoms with Gasteiger partial charge in [-0.05, 0) is 31.5 Å². The summed E-state index contributed by atoms with van der Waals surface area (Å²) in [6, 6.07) is 7.93. The van der Waals surface area contributed by atoms with Crippen molar-refractivity contribution in [1.29, 1.82) is 0 Å². The van der Waals surface area contributed by atoms with Crippen molar-refractivity contribution in [3.8, 4) is 0 Å². The van der Waals surface area contributed by atoms with Crippen molar-refractivity contribution in [2.24, 2.45) is 0 Å². The van der Waals surface area contributed by atoms with Gasteiger partial charge in [-0.15, -0.1) is 0 Å². The largest absolute Gasteiger partial charge is 0.334 e. The average Bonchev–Trinajstić information content (AvgIpc) is 2.79. The molecule has 92 valence electrons. The van der Waals surface area contributed by atoms with Crippen molar-refractivity contribution in [2.45, 2.75) is 18.9 Å². The van der Waals surface area contributed by atoms with E-state index in [1.54, 1.807) is 7.05 Å². The molecule has 1 unspecified atom stereocenters. The minimum Gasteiger partial charge on any atom is -0.334 e. The van der Waals surface area contributed by atoms with Crippen molar-refractivity contribution in [2.75, 3.05) is 20.1 Å². The van der Waals surface area contributed by atoms with Crippen molar-refractivity contribution in [3.63, 3.8) is 0 Å². The highest BCUT2D eigenvalue weighted by molar-refractivity contribution is 6.31. The maximum Gasteiger partial charge on any atom is 0.237 e. The molecule has 1 fully saturated rings. The molecule has 1 aromatic rings. The van der Waals surface area contributed by atoms with Gasteiger partial charge in [-0.25, -0.2) is 0 Å². The summed E-state index contributed by atoms with van der Waals surface area (Å²) in [5.41, 5.74) is 1.07. The average molecular weight is 253 g/mol. The number of carbonyl (C=O) groups is 1. The molecule has 0 aromatic heterocycles. The third-order valence-corrected chi connectivity index (χ3v) is 3.51. The Bertz CT molecular complexity index is 408. The zero-order chi connectivity index (χ0) is 12.3. The second kappa shape index (κ2) is 5.52. The van der Waals surface area contributed by atoms with E-state index < -0.39 is 0 Å². The Hall–Kier alpha value is -1.06. The van der Waals surface area contributed by atoms with Gasteiger partial charge in [0.2, 0.25) is 5.91 Å². The number of nitrogens with zero attached hydrogens (tertiary/aromatic N) is 1. The van der Waals surface area contributed by atoms with Crippen molar-refractivity contribution in [1.82, 2.24) is 10.2 Å². The molecule has 1 amide bonds. The van der Waals surface area contributed by atoms with Gasteiger partial charge in [0.15, 0.2) is 0 Å². The van der Waals surface area contributed by atoms with E-state index in [1.165, 1.54) is 0 Å². The van der Waals surface area contributed by atoms with Gasteiger partial charge in [0.05, 0.1) is 12.6 Å². The molecular weight excluding hydrogens is 236 g/mol. The molecule has 1 saturated heterocycles. The van der Waals surface area contributed by atoms with Crippen molar-refractivity contribution < 1.29 is 4.79 Å². The zero-order valence-corrected chi connectivity index (χ0v) is 10.7. The summed E-state index contributed by atoms with van der Waals surface area (Å²) >= 11 is 6.20. The lowest BCUT2D eigenvalue weighted by atomic mass is 10.0. The minimum absolute atomic E-state index is 0.143. The van der Waals surface area contributed by atoms with E-state index >= 15 is 0 Å². The smallest absolute Gasteiger partial charge is 0.237 e. The van der Waals surface area contributed by atoms with Gasteiger partial charge in [0.1, 0.15) is 0 Å². The first-order valence-electron chi connectivity index (χ1n) is 5.92. The van der Waals surface area contributed by atoms with Crippen molar-refractivity contribution >= 4 is 17.5 Å². The summed E-state index contributed by atoms with van der Waals surface area (Å²) in [4.78, 5) is 13.9. The maximum absolute atomic E-state index is 12.0. The van der Waals surface area contributed by atoms with Crippen LogP contribution in [-0.4, -0.2) is 30.9 Å². The topological polar surface area (TPSA) is 32.3 Å². The number of hydrogen-bond acceptors (Lipinski definition) is 2. The second-order valence-corrected chi connectivity index (χ2v) is 4.70. The molecule has 0 radical (unpaired) electrons. The normalized spacial score (nSPS) is 19.6. The number of amides is 1. The van der Waals surface area contributed by atoms with E-state index in [0.29, 0.717) is 6.54 Å². The van der Waals surface area contributed by atoms with Crippen LogP contribution >= 0.6 is 11.6 Å². The molecule has 3 nitrogen and oxygen atoms in total. The SMILES string of the molecule is CNCC(=O)N1CCCC1c1ccccc1Cl. The Morgan fingerprint density at radius 3 is 3.00 bits per heavy atom.